The van der Waals surface area contributed by atoms with E-state index in [-0.39, 0.29) is 18.9 Å². The van der Waals surface area contributed by atoms with Gasteiger partial charge in [0.2, 0.25) is 0 Å². The standard InChI is InChI=1S/C20H19NO4/c1-14(20(23)21-13-17-9-5-11-24-17)25-19(22)12-16-8-4-7-15-6-2-3-10-18(15)16/h2-11,14H,12-13H2,1H3,(H,21,23)/t14-/m1/s1. The Labute approximate surface area is 145 Å². The second-order valence-corrected chi connectivity index (χ2v) is 5.74. The Hall–Kier alpha value is -3.08. The molecule has 1 atom stereocenters. The summed E-state index contributed by atoms with van der Waals surface area (Å²) in [4.78, 5) is 24.2. The highest BCUT2D eigenvalue weighted by Crippen LogP contribution is 2.19. The molecule has 2 aromatic carbocycles. The summed E-state index contributed by atoms with van der Waals surface area (Å²) in [5.74, 6) is -0.151. The SMILES string of the molecule is C[C@@H](OC(=O)Cc1cccc2ccccc12)C(=O)NCc1ccco1. The molecule has 5 nitrogen and oxygen atoms in total. The van der Waals surface area contributed by atoms with Gasteiger partial charge < -0.3 is 14.5 Å². The van der Waals surface area contributed by atoms with Gasteiger partial charge in [-0.2, -0.15) is 0 Å². The fourth-order valence-electron chi connectivity index (χ4n) is 2.63. The van der Waals surface area contributed by atoms with Gasteiger partial charge in [-0.1, -0.05) is 42.5 Å². The quantitative estimate of drug-likeness (QED) is 0.701. The van der Waals surface area contributed by atoms with Gasteiger partial charge in [-0.15, -0.1) is 0 Å². The van der Waals surface area contributed by atoms with Gasteiger partial charge in [-0.3, -0.25) is 9.59 Å². The molecule has 0 saturated heterocycles. The van der Waals surface area contributed by atoms with Gasteiger partial charge in [0.25, 0.3) is 5.91 Å². The van der Waals surface area contributed by atoms with E-state index in [4.69, 9.17) is 9.15 Å². The predicted molar refractivity (Wildman–Crippen MR) is 93.8 cm³/mol. The van der Waals surface area contributed by atoms with Crippen molar-refractivity contribution in [1.29, 1.82) is 0 Å². The number of rotatable bonds is 6. The number of carbonyl (C=O) groups excluding carboxylic acids is 2. The first kappa shape index (κ1) is 16.8. The number of furan rings is 1. The molecular weight excluding hydrogens is 318 g/mol. The first-order valence-electron chi connectivity index (χ1n) is 8.09. The van der Waals surface area contributed by atoms with E-state index in [1.54, 1.807) is 19.1 Å². The lowest BCUT2D eigenvalue weighted by molar-refractivity contribution is -0.154. The van der Waals surface area contributed by atoms with Crippen LogP contribution in [0.4, 0.5) is 0 Å². The van der Waals surface area contributed by atoms with Crippen molar-refractivity contribution in [2.45, 2.75) is 26.0 Å². The maximum absolute atomic E-state index is 12.2. The van der Waals surface area contributed by atoms with Crippen LogP contribution in [0.15, 0.2) is 65.3 Å². The van der Waals surface area contributed by atoms with E-state index in [0.717, 1.165) is 16.3 Å². The Morgan fingerprint density at radius 1 is 1.08 bits per heavy atom. The summed E-state index contributed by atoms with van der Waals surface area (Å²) in [7, 11) is 0. The number of fused-ring (bicyclic) bond motifs is 1. The largest absolute Gasteiger partial charge is 0.467 e. The van der Waals surface area contributed by atoms with Crippen LogP contribution in [0.5, 0.6) is 0 Å². The molecule has 0 aliphatic rings. The van der Waals surface area contributed by atoms with Crippen LogP contribution in [-0.4, -0.2) is 18.0 Å². The van der Waals surface area contributed by atoms with Gasteiger partial charge in [0.05, 0.1) is 19.2 Å². The first-order chi connectivity index (χ1) is 12.1. The van der Waals surface area contributed by atoms with Crippen LogP contribution < -0.4 is 5.32 Å². The third-order valence-electron chi connectivity index (χ3n) is 3.91. The Kier molecular flexibility index (Phi) is 5.14. The molecule has 25 heavy (non-hydrogen) atoms. The third-order valence-corrected chi connectivity index (χ3v) is 3.91. The number of nitrogens with one attached hydrogen (secondary N) is 1. The summed E-state index contributed by atoms with van der Waals surface area (Å²) in [6, 6.07) is 17.2. The average Bonchev–Trinajstić information content (AvgIpc) is 3.13. The highest BCUT2D eigenvalue weighted by molar-refractivity contribution is 5.90. The van der Waals surface area contributed by atoms with Crippen molar-refractivity contribution < 1.29 is 18.7 Å². The van der Waals surface area contributed by atoms with Gasteiger partial charge in [0.15, 0.2) is 6.10 Å². The molecule has 0 unspecified atom stereocenters. The van der Waals surface area contributed by atoms with E-state index in [2.05, 4.69) is 5.32 Å². The minimum atomic E-state index is -0.863. The van der Waals surface area contributed by atoms with Crippen molar-refractivity contribution in [3.8, 4) is 0 Å². The van der Waals surface area contributed by atoms with Gasteiger partial charge in [0.1, 0.15) is 5.76 Å². The predicted octanol–water partition coefficient (Wildman–Crippen LogP) is 3.22. The molecule has 0 spiro atoms. The molecule has 3 rings (SSSR count). The Balaban J connectivity index is 1.57. The molecule has 0 fully saturated rings. The van der Waals surface area contributed by atoms with Crippen molar-refractivity contribution in [1.82, 2.24) is 5.32 Å². The van der Waals surface area contributed by atoms with E-state index >= 15 is 0 Å². The second-order valence-electron chi connectivity index (χ2n) is 5.74. The topological polar surface area (TPSA) is 68.5 Å². The lowest BCUT2D eigenvalue weighted by Gasteiger charge is -2.13. The van der Waals surface area contributed by atoms with E-state index in [1.807, 2.05) is 42.5 Å². The smallest absolute Gasteiger partial charge is 0.311 e. The van der Waals surface area contributed by atoms with Crippen LogP contribution in [0, 0.1) is 0 Å². The number of carbonyl (C=O) groups is 2. The molecular formula is C20H19NO4. The van der Waals surface area contributed by atoms with Gasteiger partial charge in [-0.05, 0) is 35.4 Å². The zero-order valence-corrected chi connectivity index (χ0v) is 13.9. The number of amides is 1. The molecule has 1 amide bonds. The molecule has 1 heterocycles. The van der Waals surface area contributed by atoms with Crippen molar-refractivity contribution >= 4 is 22.6 Å². The summed E-state index contributed by atoms with van der Waals surface area (Å²) >= 11 is 0. The summed E-state index contributed by atoms with van der Waals surface area (Å²) in [6.07, 6.45) is 0.796. The maximum Gasteiger partial charge on any atom is 0.311 e. The lowest BCUT2D eigenvalue weighted by atomic mass is 10.0. The Bertz CT molecular complexity index is 865. The second kappa shape index (κ2) is 7.66. The van der Waals surface area contributed by atoms with E-state index < -0.39 is 12.1 Å². The highest BCUT2D eigenvalue weighted by atomic mass is 16.5. The lowest BCUT2D eigenvalue weighted by Crippen LogP contribution is -2.35. The van der Waals surface area contributed by atoms with Crippen LogP contribution in [0.3, 0.4) is 0 Å². The van der Waals surface area contributed by atoms with Crippen molar-refractivity contribution in [3.63, 3.8) is 0 Å². The van der Waals surface area contributed by atoms with Gasteiger partial charge in [0, 0.05) is 0 Å². The van der Waals surface area contributed by atoms with Crippen LogP contribution >= 0.6 is 0 Å². The molecule has 0 aliphatic heterocycles. The molecule has 1 N–H and O–H groups in total. The fourth-order valence-corrected chi connectivity index (χ4v) is 2.63. The number of benzene rings is 2. The first-order valence-corrected chi connectivity index (χ1v) is 8.09. The molecule has 5 heteroatoms. The van der Waals surface area contributed by atoms with Gasteiger partial charge >= 0.3 is 5.97 Å². The molecule has 0 bridgehead atoms. The minimum Gasteiger partial charge on any atom is -0.467 e. The summed E-state index contributed by atoms with van der Waals surface area (Å²) in [5, 5.41) is 4.75. The van der Waals surface area contributed by atoms with E-state index in [9.17, 15) is 9.59 Å². The van der Waals surface area contributed by atoms with E-state index in [1.165, 1.54) is 6.26 Å². The molecule has 0 radical (unpaired) electrons. The number of hydrogen-bond acceptors (Lipinski definition) is 4. The van der Waals surface area contributed by atoms with Crippen LogP contribution in [0.2, 0.25) is 0 Å². The molecule has 0 saturated carbocycles. The number of ether oxygens (including phenoxy) is 1. The Morgan fingerprint density at radius 2 is 1.88 bits per heavy atom. The molecule has 1 aromatic heterocycles. The average molecular weight is 337 g/mol. The zero-order chi connectivity index (χ0) is 17.6. The number of hydrogen-bond donors (Lipinski definition) is 1. The molecule has 0 aliphatic carbocycles. The van der Waals surface area contributed by atoms with Crippen molar-refractivity contribution in [3.05, 3.63) is 72.2 Å². The van der Waals surface area contributed by atoms with Crippen LogP contribution in [0.1, 0.15) is 18.2 Å². The van der Waals surface area contributed by atoms with Gasteiger partial charge in [-0.25, -0.2) is 0 Å². The molecule has 3 aromatic rings. The maximum atomic E-state index is 12.2. The van der Waals surface area contributed by atoms with Crippen molar-refractivity contribution in [2.24, 2.45) is 0 Å². The summed E-state index contributed by atoms with van der Waals surface area (Å²) < 4.78 is 10.4. The minimum absolute atomic E-state index is 0.122. The monoisotopic (exact) mass is 337 g/mol. The van der Waals surface area contributed by atoms with Crippen LogP contribution in [-0.2, 0) is 27.3 Å². The van der Waals surface area contributed by atoms with Crippen LogP contribution in [0.25, 0.3) is 10.8 Å². The highest BCUT2D eigenvalue weighted by Gasteiger charge is 2.18. The van der Waals surface area contributed by atoms with Crippen molar-refractivity contribution in [2.75, 3.05) is 0 Å². The summed E-state index contributed by atoms with van der Waals surface area (Å²) in [5.41, 5.74) is 0.881. The summed E-state index contributed by atoms with van der Waals surface area (Å²) in [6.45, 7) is 1.81. The third kappa shape index (κ3) is 4.26. The normalized spacial score (nSPS) is 11.9. The number of esters is 1. The zero-order valence-electron chi connectivity index (χ0n) is 13.9. The van der Waals surface area contributed by atoms with E-state index in [0.29, 0.717) is 5.76 Å². The molecule has 128 valence electrons. The Morgan fingerprint density at radius 3 is 2.68 bits per heavy atom. The fraction of sp³-hybridized carbons (Fsp3) is 0.200.